The lowest BCUT2D eigenvalue weighted by Crippen LogP contribution is -2.38. The molecule has 1 aliphatic carbocycles. The number of carbonyl (C=O) groups is 2. The molecule has 0 radical (unpaired) electrons. The zero-order valence-electron chi connectivity index (χ0n) is 20.3. The molecule has 186 valence electrons. The van der Waals surface area contributed by atoms with E-state index in [1.807, 2.05) is 18.2 Å². The van der Waals surface area contributed by atoms with E-state index in [0.29, 0.717) is 34.6 Å². The van der Waals surface area contributed by atoms with Crippen molar-refractivity contribution in [3.63, 3.8) is 0 Å². The molecule has 1 aromatic heterocycles. The van der Waals surface area contributed by atoms with Crippen molar-refractivity contribution in [1.29, 1.82) is 0 Å². The summed E-state index contributed by atoms with van der Waals surface area (Å²) in [7, 11) is 1.55. The molecule has 7 heteroatoms. The molecule has 6 nitrogen and oxygen atoms in total. The molecule has 1 unspecified atom stereocenters. The van der Waals surface area contributed by atoms with Gasteiger partial charge in [0.2, 0.25) is 0 Å². The largest absolute Gasteiger partial charge is 0.457 e. The second-order valence-corrected chi connectivity index (χ2v) is 8.96. The van der Waals surface area contributed by atoms with Crippen LogP contribution in [0.3, 0.4) is 0 Å². The number of benzene rings is 3. The van der Waals surface area contributed by atoms with Crippen LogP contribution in [0.15, 0.2) is 85.1 Å². The molecule has 0 fully saturated rings. The Morgan fingerprint density at radius 1 is 0.919 bits per heavy atom. The van der Waals surface area contributed by atoms with Gasteiger partial charge in [0.05, 0.1) is 0 Å². The summed E-state index contributed by atoms with van der Waals surface area (Å²) in [6.07, 6.45) is 3.87. The number of pyridine rings is 1. The predicted molar refractivity (Wildman–Crippen MR) is 139 cm³/mol. The molecule has 0 saturated heterocycles. The van der Waals surface area contributed by atoms with E-state index in [2.05, 4.69) is 15.6 Å². The average molecular weight is 496 g/mol. The fraction of sp³-hybridized carbons (Fsp3) is 0.167. The average Bonchev–Trinajstić information content (AvgIpc) is 2.93. The second-order valence-electron chi connectivity index (χ2n) is 8.96. The number of amides is 2. The topological polar surface area (TPSA) is 80.3 Å². The Hall–Kier alpha value is -4.52. The third-order valence-electron chi connectivity index (χ3n) is 6.48. The van der Waals surface area contributed by atoms with E-state index in [-0.39, 0.29) is 29.4 Å². The molecule has 0 spiro atoms. The standard InChI is InChI=1S/C30H26FN3O3/c1-32-30(36)28-18-25(13-14-33-28)37-24-12-10-19-9-11-23(16-22(19)17-24)34-29(35)21-6-4-5-20(15-21)26-7-2-3-8-27(26)31/h2-8,10,12-15,17-18,23H,9,11,16H2,1H3,(H,32,36)(H,34,35). The van der Waals surface area contributed by atoms with E-state index in [1.165, 1.54) is 17.8 Å². The normalized spacial score (nSPS) is 14.4. The number of hydrogen-bond acceptors (Lipinski definition) is 4. The van der Waals surface area contributed by atoms with Crippen LogP contribution in [0.5, 0.6) is 11.5 Å². The van der Waals surface area contributed by atoms with Crippen LogP contribution in [0, 0.1) is 5.82 Å². The van der Waals surface area contributed by atoms with E-state index in [9.17, 15) is 14.0 Å². The van der Waals surface area contributed by atoms with Gasteiger partial charge in [0.1, 0.15) is 23.0 Å². The van der Waals surface area contributed by atoms with Gasteiger partial charge in [0.15, 0.2) is 0 Å². The maximum absolute atomic E-state index is 14.2. The number of carbonyl (C=O) groups excluding carboxylic acids is 2. The van der Waals surface area contributed by atoms with Crippen LogP contribution in [0.4, 0.5) is 4.39 Å². The van der Waals surface area contributed by atoms with Crippen molar-refractivity contribution in [2.24, 2.45) is 0 Å². The fourth-order valence-electron chi connectivity index (χ4n) is 4.58. The summed E-state index contributed by atoms with van der Waals surface area (Å²) < 4.78 is 20.2. The van der Waals surface area contributed by atoms with Gasteiger partial charge < -0.3 is 15.4 Å². The Morgan fingerprint density at radius 3 is 2.59 bits per heavy atom. The first-order valence-electron chi connectivity index (χ1n) is 12.1. The van der Waals surface area contributed by atoms with Crippen LogP contribution in [-0.4, -0.2) is 29.9 Å². The molecule has 3 aromatic carbocycles. The Labute approximate surface area is 214 Å². The Balaban J connectivity index is 1.28. The molecular weight excluding hydrogens is 469 g/mol. The number of aromatic nitrogens is 1. The molecule has 0 bridgehead atoms. The highest BCUT2D eigenvalue weighted by molar-refractivity contribution is 5.95. The molecule has 37 heavy (non-hydrogen) atoms. The van der Waals surface area contributed by atoms with E-state index < -0.39 is 0 Å². The number of fused-ring (bicyclic) bond motifs is 1. The van der Waals surface area contributed by atoms with Gasteiger partial charge in [-0.3, -0.25) is 14.6 Å². The molecule has 5 rings (SSSR count). The Bertz CT molecular complexity index is 1470. The van der Waals surface area contributed by atoms with Gasteiger partial charge in [-0.05, 0) is 72.4 Å². The molecule has 2 N–H and O–H groups in total. The quantitative estimate of drug-likeness (QED) is 0.379. The summed E-state index contributed by atoms with van der Waals surface area (Å²) in [6.45, 7) is 0. The second kappa shape index (κ2) is 10.6. The third kappa shape index (κ3) is 5.51. The van der Waals surface area contributed by atoms with Crippen molar-refractivity contribution in [2.75, 3.05) is 7.05 Å². The first-order valence-corrected chi connectivity index (χ1v) is 12.1. The number of halogens is 1. The highest BCUT2D eigenvalue weighted by Crippen LogP contribution is 2.29. The van der Waals surface area contributed by atoms with Crippen LogP contribution >= 0.6 is 0 Å². The van der Waals surface area contributed by atoms with Gasteiger partial charge in [0, 0.05) is 36.5 Å². The van der Waals surface area contributed by atoms with Crippen LogP contribution in [0.2, 0.25) is 0 Å². The molecule has 0 aliphatic heterocycles. The van der Waals surface area contributed by atoms with E-state index in [0.717, 1.165) is 18.4 Å². The summed E-state index contributed by atoms with van der Waals surface area (Å²) in [5, 5.41) is 5.69. The van der Waals surface area contributed by atoms with Gasteiger partial charge in [-0.1, -0.05) is 36.4 Å². The van der Waals surface area contributed by atoms with Gasteiger partial charge in [-0.15, -0.1) is 0 Å². The van der Waals surface area contributed by atoms with E-state index in [4.69, 9.17) is 4.74 Å². The van der Waals surface area contributed by atoms with Crippen LogP contribution in [0.25, 0.3) is 11.1 Å². The van der Waals surface area contributed by atoms with Crippen molar-refractivity contribution in [1.82, 2.24) is 15.6 Å². The van der Waals surface area contributed by atoms with Gasteiger partial charge in [-0.2, -0.15) is 0 Å². The van der Waals surface area contributed by atoms with Gasteiger partial charge in [0.25, 0.3) is 11.8 Å². The highest BCUT2D eigenvalue weighted by Gasteiger charge is 2.22. The van der Waals surface area contributed by atoms with Gasteiger partial charge >= 0.3 is 0 Å². The van der Waals surface area contributed by atoms with Crippen LogP contribution in [-0.2, 0) is 12.8 Å². The Morgan fingerprint density at radius 2 is 1.76 bits per heavy atom. The zero-order chi connectivity index (χ0) is 25.8. The van der Waals surface area contributed by atoms with Crippen molar-refractivity contribution in [3.05, 3.63) is 113 Å². The summed E-state index contributed by atoms with van der Waals surface area (Å²) in [6, 6.07) is 22.8. The lowest BCUT2D eigenvalue weighted by Gasteiger charge is -2.26. The summed E-state index contributed by atoms with van der Waals surface area (Å²) >= 11 is 0. The van der Waals surface area contributed by atoms with Crippen LogP contribution in [0.1, 0.15) is 38.4 Å². The highest BCUT2D eigenvalue weighted by atomic mass is 19.1. The van der Waals surface area contributed by atoms with Crippen molar-refractivity contribution in [3.8, 4) is 22.6 Å². The summed E-state index contributed by atoms with van der Waals surface area (Å²) in [5.74, 6) is 0.381. The van der Waals surface area contributed by atoms with E-state index in [1.54, 1.807) is 61.6 Å². The number of nitrogens with one attached hydrogen (secondary N) is 2. The smallest absolute Gasteiger partial charge is 0.269 e. The first-order chi connectivity index (χ1) is 18.0. The molecule has 0 saturated carbocycles. The third-order valence-corrected chi connectivity index (χ3v) is 6.48. The minimum atomic E-state index is -0.321. The Kier molecular flexibility index (Phi) is 6.94. The monoisotopic (exact) mass is 495 g/mol. The number of aryl methyl sites for hydroxylation is 1. The SMILES string of the molecule is CNC(=O)c1cc(Oc2ccc3c(c2)CC(NC(=O)c2cccc(-c4ccccc4F)c2)CC3)ccn1. The predicted octanol–water partition coefficient (Wildman–Crippen LogP) is 5.33. The lowest BCUT2D eigenvalue weighted by molar-refractivity contribution is 0.0931. The molecular formula is C30H26FN3O3. The molecule has 2 amide bonds. The number of ether oxygens (including phenoxy) is 1. The molecule has 4 aromatic rings. The first kappa shape index (κ1) is 24.2. The molecule has 1 heterocycles. The lowest BCUT2D eigenvalue weighted by atomic mass is 9.88. The number of rotatable bonds is 6. The summed E-state index contributed by atoms with van der Waals surface area (Å²) in [4.78, 5) is 29.0. The molecule has 1 atom stereocenters. The van der Waals surface area contributed by atoms with Crippen LogP contribution < -0.4 is 15.4 Å². The van der Waals surface area contributed by atoms with Crippen molar-refractivity contribution < 1.29 is 18.7 Å². The summed E-state index contributed by atoms with van der Waals surface area (Å²) in [5.41, 5.74) is 4.23. The zero-order valence-corrected chi connectivity index (χ0v) is 20.3. The van der Waals surface area contributed by atoms with Crippen molar-refractivity contribution >= 4 is 11.8 Å². The van der Waals surface area contributed by atoms with Gasteiger partial charge in [-0.25, -0.2) is 4.39 Å². The van der Waals surface area contributed by atoms with E-state index >= 15 is 0 Å². The maximum Gasteiger partial charge on any atom is 0.269 e. The molecule has 1 aliphatic rings. The number of nitrogens with zero attached hydrogens (tertiary/aromatic N) is 1. The van der Waals surface area contributed by atoms with Crippen molar-refractivity contribution in [2.45, 2.75) is 25.3 Å². The minimum absolute atomic E-state index is 0.0341. The minimum Gasteiger partial charge on any atom is -0.457 e. The maximum atomic E-state index is 14.2. The number of hydrogen-bond donors (Lipinski definition) is 2. The fourth-order valence-corrected chi connectivity index (χ4v) is 4.58.